The van der Waals surface area contributed by atoms with E-state index in [2.05, 4.69) is 6.92 Å². The molecule has 0 atom stereocenters. The SMILES string of the molecule is C1CCCCC1.CC.CC1CCCCC1. The molecule has 0 nitrogen and oxygen atoms in total. The molecule has 2 saturated carbocycles. The standard InChI is InChI=1S/C7H14.C6H12.C2H6/c1-7-5-3-2-4-6-7;1-2-4-6-5-3-1;1-2/h7H,2-6H2,1H3;1-6H2;1-2H3. The number of hydrogen-bond acceptors (Lipinski definition) is 0. The highest BCUT2D eigenvalue weighted by Crippen LogP contribution is 2.22. The van der Waals surface area contributed by atoms with Gasteiger partial charge in [-0.3, -0.25) is 0 Å². The Morgan fingerprint density at radius 3 is 1.00 bits per heavy atom. The fourth-order valence-electron chi connectivity index (χ4n) is 2.37. The van der Waals surface area contributed by atoms with E-state index in [1.54, 1.807) is 0 Å². The fourth-order valence-corrected chi connectivity index (χ4v) is 2.37. The predicted octanol–water partition coefficient (Wildman–Crippen LogP) is 5.95. The van der Waals surface area contributed by atoms with E-state index in [-0.39, 0.29) is 0 Å². The molecule has 0 unspecified atom stereocenters. The number of rotatable bonds is 0. The first-order chi connectivity index (χ1) is 7.39. The molecule has 92 valence electrons. The van der Waals surface area contributed by atoms with Crippen LogP contribution in [0.1, 0.15) is 91.4 Å². The van der Waals surface area contributed by atoms with Gasteiger partial charge in [-0.2, -0.15) is 0 Å². The van der Waals surface area contributed by atoms with Crippen molar-refractivity contribution in [3.8, 4) is 0 Å². The molecular formula is C15H32. The third kappa shape index (κ3) is 10.3. The van der Waals surface area contributed by atoms with Crippen LogP contribution in [0.15, 0.2) is 0 Å². The Morgan fingerprint density at radius 2 is 0.800 bits per heavy atom. The van der Waals surface area contributed by atoms with E-state index in [4.69, 9.17) is 0 Å². The summed E-state index contributed by atoms with van der Waals surface area (Å²) in [7, 11) is 0. The molecule has 2 rings (SSSR count). The lowest BCUT2D eigenvalue weighted by molar-refractivity contribution is 0.385. The zero-order valence-corrected chi connectivity index (χ0v) is 11.4. The van der Waals surface area contributed by atoms with Crippen LogP contribution in [0, 0.1) is 5.92 Å². The fraction of sp³-hybridized carbons (Fsp3) is 1.00. The van der Waals surface area contributed by atoms with Gasteiger partial charge in [0.25, 0.3) is 0 Å². The van der Waals surface area contributed by atoms with Gasteiger partial charge in [-0.15, -0.1) is 0 Å². The minimum atomic E-state index is 1.04. The van der Waals surface area contributed by atoms with Gasteiger partial charge in [-0.1, -0.05) is 91.4 Å². The van der Waals surface area contributed by atoms with Gasteiger partial charge in [0, 0.05) is 0 Å². The summed E-state index contributed by atoms with van der Waals surface area (Å²) in [6.07, 6.45) is 16.4. The molecule has 0 heteroatoms. The molecule has 0 heterocycles. The first kappa shape index (κ1) is 15.0. The first-order valence-electron chi connectivity index (χ1n) is 7.39. The zero-order valence-electron chi connectivity index (χ0n) is 11.4. The molecule has 0 aliphatic heterocycles. The quantitative estimate of drug-likeness (QED) is 0.465. The molecule has 0 N–H and O–H groups in total. The van der Waals surface area contributed by atoms with Gasteiger partial charge in [0.15, 0.2) is 0 Å². The summed E-state index contributed by atoms with van der Waals surface area (Å²) >= 11 is 0. The van der Waals surface area contributed by atoms with Crippen LogP contribution >= 0.6 is 0 Å². The maximum atomic E-state index is 2.36. The van der Waals surface area contributed by atoms with Crippen molar-refractivity contribution < 1.29 is 0 Å². The van der Waals surface area contributed by atoms with Crippen LogP contribution in [0.3, 0.4) is 0 Å². The molecule has 2 aliphatic rings. The third-order valence-electron chi connectivity index (χ3n) is 3.39. The second-order valence-corrected chi connectivity index (χ2v) is 4.86. The summed E-state index contributed by atoms with van der Waals surface area (Å²) in [5.74, 6) is 1.04. The first-order valence-corrected chi connectivity index (χ1v) is 7.39. The third-order valence-corrected chi connectivity index (χ3v) is 3.39. The summed E-state index contributed by atoms with van der Waals surface area (Å²) in [6, 6.07) is 0. The van der Waals surface area contributed by atoms with Crippen molar-refractivity contribution in [1.82, 2.24) is 0 Å². The van der Waals surface area contributed by atoms with Gasteiger partial charge >= 0.3 is 0 Å². The van der Waals surface area contributed by atoms with Gasteiger partial charge in [0.2, 0.25) is 0 Å². The molecule has 0 bridgehead atoms. The minimum absolute atomic E-state index is 1.04. The van der Waals surface area contributed by atoms with Crippen molar-refractivity contribution in [2.75, 3.05) is 0 Å². The molecule has 0 saturated heterocycles. The van der Waals surface area contributed by atoms with Gasteiger partial charge in [0.05, 0.1) is 0 Å². The molecule has 0 amide bonds. The summed E-state index contributed by atoms with van der Waals surface area (Å²) < 4.78 is 0. The predicted molar refractivity (Wildman–Crippen MR) is 71.3 cm³/mol. The van der Waals surface area contributed by atoms with E-state index >= 15 is 0 Å². The minimum Gasteiger partial charge on any atom is -0.0683 e. The Morgan fingerprint density at radius 1 is 0.533 bits per heavy atom. The molecule has 0 aromatic heterocycles. The van der Waals surface area contributed by atoms with Crippen LogP contribution in [0.2, 0.25) is 0 Å². The van der Waals surface area contributed by atoms with Crippen molar-refractivity contribution in [3.05, 3.63) is 0 Å². The van der Waals surface area contributed by atoms with Crippen LogP contribution in [-0.4, -0.2) is 0 Å². The molecular weight excluding hydrogens is 180 g/mol. The highest BCUT2D eigenvalue weighted by molar-refractivity contribution is 4.59. The van der Waals surface area contributed by atoms with E-state index in [1.807, 2.05) is 13.8 Å². The van der Waals surface area contributed by atoms with E-state index in [0.29, 0.717) is 0 Å². The van der Waals surface area contributed by atoms with E-state index in [9.17, 15) is 0 Å². The lowest BCUT2D eigenvalue weighted by atomic mass is 9.91. The highest BCUT2D eigenvalue weighted by Gasteiger charge is 2.05. The van der Waals surface area contributed by atoms with Gasteiger partial charge in [0.1, 0.15) is 0 Å². The van der Waals surface area contributed by atoms with Crippen molar-refractivity contribution in [2.24, 2.45) is 5.92 Å². The van der Waals surface area contributed by atoms with Crippen molar-refractivity contribution >= 4 is 0 Å². The largest absolute Gasteiger partial charge is 0.0683 e. The van der Waals surface area contributed by atoms with Gasteiger partial charge in [-0.05, 0) is 5.92 Å². The Kier molecular flexibility index (Phi) is 12.1. The zero-order chi connectivity index (χ0) is 11.4. The molecule has 0 aromatic rings. The molecule has 2 aliphatic carbocycles. The molecule has 0 radical (unpaired) electrons. The van der Waals surface area contributed by atoms with Crippen LogP contribution in [0.4, 0.5) is 0 Å². The Labute approximate surface area is 97.8 Å². The summed E-state index contributed by atoms with van der Waals surface area (Å²) in [5, 5.41) is 0. The van der Waals surface area contributed by atoms with Crippen molar-refractivity contribution in [3.63, 3.8) is 0 Å². The summed E-state index contributed by atoms with van der Waals surface area (Å²) in [4.78, 5) is 0. The van der Waals surface area contributed by atoms with Crippen LogP contribution in [0.5, 0.6) is 0 Å². The average Bonchev–Trinajstić information content (AvgIpc) is 2.36. The Balaban J connectivity index is 0.000000227. The van der Waals surface area contributed by atoms with Crippen molar-refractivity contribution in [1.29, 1.82) is 0 Å². The Bertz CT molecular complexity index is 85.1. The van der Waals surface area contributed by atoms with Crippen LogP contribution < -0.4 is 0 Å². The highest BCUT2D eigenvalue weighted by atomic mass is 14.1. The average molecular weight is 212 g/mol. The second-order valence-electron chi connectivity index (χ2n) is 4.86. The Hall–Kier alpha value is 0. The van der Waals surface area contributed by atoms with Gasteiger partial charge < -0.3 is 0 Å². The lowest BCUT2D eigenvalue weighted by Gasteiger charge is -2.15. The number of hydrogen-bond donors (Lipinski definition) is 0. The molecule has 15 heavy (non-hydrogen) atoms. The molecule has 0 aromatic carbocycles. The summed E-state index contributed by atoms with van der Waals surface area (Å²) in [5.41, 5.74) is 0. The lowest BCUT2D eigenvalue weighted by Crippen LogP contribution is -1.99. The van der Waals surface area contributed by atoms with Crippen molar-refractivity contribution in [2.45, 2.75) is 91.4 Å². The van der Waals surface area contributed by atoms with Gasteiger partial charge in [-0.25, -0.2) is 0 Å². The van der Waals surface area contributed by atoms with E-state index in [1.165, 1.54) is 70.6 Å². The molecule has 2 fully saturated rings. The maximum Gasteiger partial charge on any atom is -0.0443 e. The topological polar surface area (TPSA) is 0 Å². The monoisotopic (exact) mass is 212 g/mol. The normalized spacial score (nSPS) is 21.8. The van der Waals surface area contributed by atoms with E-state index < -0.39 is 0 Å². The smallest absolute Gasteiger partial charge is 0.0443 e. The second kappa shape index (κ2) is 12.1. The van der Waals surface area contributed by atoms with Crippen LogP contribution in [0.25, 0.3) is 0 Å². The molecule has 0 spiro atoms. The maximum absolute atomic E-state index is 2.36. The summed E-state index contributed by atoms with van der Waals surface area (Å²) in [6.45, 7) is 6.36. The van der Waals surface area contributed by atoms with Crippen LogP contribution in [-0.2, 0) is 0 Å². The van der Waals surface area contributed by atoms with E-state index in [0.717, 1.165) is 5.92 Å².